The van der Waals surface area contributed by atoms with Gasteiger partial charge in [0.1, 0.15) is 17.6 Å². The predicted octanol–water partition coefficient (Wildman–Crippen LogP) is 4.90. The topological polar surface area (TPSA) is 37.3 Å². The first-order chi connectivity index (χ1) is 11.5. The van der Waals surface area contributed by atoms with Crippen LogP contribution in [0.15, 0.2) is 58.9 Å². The van der Waals surface area contributed by atoms with Gasteiger partial charge in [-0.25, -0.2) is 4.39 Å². The van der Waals surface area contributed by atoms with Crippen molar-refractivity contribution in [3.8, 4) is 0 Å². The van der Waals surface area contributed by atoms with Gasteiger partial charge in [-0.05, 0) is 48.2 Å². The molecular formula is C19H19ClFN3. The molecule has 5 heteroatoms. The number of rotatable bonds is 3. The zero-order valence-corrected chi connectivity index (χ0v) is 14.6. The third-order valence-electron chi connectivity index (χ3n) is 4.09. The highest BCUT2D eigenvalue weighted by atomic mass is 35.5. The molecule has 3 rings (SSSR count). The van der Waals surface area contributed by atoms with E-state index in [-0.39, 0.29) is 11.9 Å². The molecule has 1 aromatic carbocycles. The van der Waals surface area contributed by atoms with E-state index >= 15 is 0 Å². The monoisotopic (exact) mass is 343 g/mol. The number of aromatic nitrogens is 1. The lowest BCUT2D eigenvalue weighted by atomic mass is 9.93. The number of nitrogens with zero attached hydrogens (tertiary/aromatic N) is 2. The summed E-state index contributed by atoms with van der Waals surface area (Å²) in [6, 6.07) is 9.90. The molecule has 24 heavy (non-hydrogen) atoms. The Bertz CT molecular complexity index is 813. The van der Waals surface area contributed by atoms with E-state index in [1.165, 1.54) is 12.1 Å². The Balaban J connectivity index is 2.12. The summed E-state index contributed by atoms with van der Waals surface area (Å²) in [6.45, 7) is 6.28. The number of allylic oxidation sites excluding steroid dienone is 1. The third kappa shape index (κ3) is 3.20. The van der Waals surface area contributed by atoms with Gasteiger partial charge in [-0.1, -0.05) is 37.6 Å². The normalized spacial score (nSPS) is 17.8. The Morgan fingerprint density at radius 2 is 2.00 bits per heavy atom. The maximum Gasteiger partial charge on any atom is 0.152 e. The van der Waals surface area contributed by atoms with Crippen molar-refractivity contribution in [3.63, 3.8) is 0 Å². The van der Waals surface area contributed by atoms with Crippen molar-refractivity contribution in [2.45, 2.75) is 26.8 Å². The molecule has 1 aromatic heterocycles. The second-order valence-corrected chi connectivity index (χ2v) is 6.54. The quantitative estimate of drug-likeness (QED) is 0.861. The van der Waals surface area contributed by atoms with Crippen molar-refractivity contribution >= 4 is 17.4 Å². The van der Waals surface area contributed by atoms with Crippen LogP contribution in [0, 0.1) is 11.7 Å². The summed E-state index contributed by atoms with van der Waals surface area (Å²) >= 11 is 6.28. The van der Waals surface area contributed by atoms with Gasteiger partial charge in [-0.2, -0.15) is 0 Å². The van der Waals surface area contributed by atoms with Crippen LogP contribution in [0.1, 0.15) is 38.1 Å². The van der Waals surface area contributed by atoms with Gasteiger partial charge in [0.15, 0.2) is 5.84 Å². The molecule has 0 fully saturated rings. The average molecular weight is 344 g/mol. The van der Waals surface area contributed by atoms with Crippen molar-refractivity contribution < 1.29 is 4.39 Å². The second-order valence-electron chi connectivity index (χ2n) is 6.14. The number of hydrogen-bond donors (Lipinski definition) is 1. The molecule has 124 valence electrons. The molecule has 0 amide bonds. The Kier molecular flexibility index (Phi) is 4.67. The van der Waals surface area contributed by atoms with Gasteiger partial charge in [0.25, 0.3) is 0 Å². The lowest BCUT2D eigenvalue weighted by Gasteiger charge is -2.29. The highest BCUT2D eigenvalue weighted by Crippen LogP contribution is 2.36. The van der Waals surface area contributed by atoms with Crippen LogP contribution < -0.4 is 5.32 Å². The van der Waals surface area contributed by atoms with Gasteiger partial charge in [-0.15, -0.1) is 0 Å². The molecule has 1 unspecified atom stereocenters. The summed E-state index contributed by atoms with van der Waals surface area (Å²) in [4.78, 5) is 9.18. The Hall–Kier alpha value is -2.20. The second kappa shape index (κ2) is 6.73. The fourth-order valence-electron chi connectivity index (χ4n) is 2.89. The molecular weight excluding hydrogens is 325 g/mol. The fraction of sp³-hybridized carbons (Fsp3) is 0.263. The molecule has 0 spiro atoms. The summed E-state index contributed by atoms with van der Waals surface area (Å²) < 4.78 is 13.4. The first-order valence-electron chi connectivity index (χ1n) is 7.89. The first kappa shape index (κ1) is 16.7. The molecule has 1 N–H and O–H groups in total. The number of pyridine rings is 1. The standard InChI is InChI=1S/C19H19ClFN3/c1-11(2)17-12(3)18(14-8-7-13(21)10-15(14)20)24-19(23-17)16-6-4-5-9-22-16/h4-11,18H,1-3H3,(H,23,24). The first-order valence-corrected chi connectivity index (χ1v) is 8.27. The molecule has 0 saturated heterocycles. The van der Waals surface area contributed by atoms with Crippen molar-refractivity contribution in [2.24, 2.45) is 10.9 Å². The lowest BCUT2D eigenvalue weighted by Crippen LogP contribution is -2.33. The number of aliphatic imine (C=N–C) groups is 1. The molecule has 0 saturated carbocycles. The minimum atomic E-state index is -0.350. The van der Waals surface area contributed by atoms with Gasteiger partial charge in [-0.3, -0.25) is 9.98 Å². The van der Waals surface area contributed by atoms with Gasteiger partial charge in [0.05, 0.1) is 0 Å². The number of amidine groups is 1. The van der Waals surface area contributed by atoms with E-state index in [9.17, 15) is 4.39 Å². The van der Waals surface area contributed by atoms with Gasteiger partial charge in [0.2, 0.25) is 0 Å². The summed E-state index contributed by atoms with van der Waals surface area (Å²) in [5.41, 5.74) is 3.74. The maximum absolute atomic E-state index is 13.4. The smallest absolute Gasteiger partial charge is 0.152 e. The van der Waals surface area contributed by atoms with Crippen LogP contribution in [-0.2, 0) is 0 Å². The summed E-state index contributed by atoms with van der Waals surface area (Å²) in [6.07, 6.45) is 1.74. The minimum absolute atomic E-state index is 0.256. The lowest BCUT2D eigenvalue weighted by molar-refractivity contribution is 0.624. The van der Waals surface area contributed by atoms with Crippen molar-refractivity contribution in [2.75, 3.05) is 0 Å². The molecule has 0 radical (unpaired) electrons. The molecule has 2 heterocycles. The van der Waals surface area contributed by atoms with Gasteiger partial charge < -0.3 is 5.32 Å². The van der Waals surface area contributed by atoms with Crippen LogP contribution in [0.5, 0.6) is 0 Å². The zero-order chi connectivity index (χ0) is 17.3. The van der Waals surface area contributed by atoms with Crippen molar-refractivity contribution in [1.29, 1.82) is 0 Å². The largest absolute Gasteiger partial charge is 0.342 e. The van der Waals surface area contributed by atoms with E-state index in [0.29, 0.717) is 16.8 Å². The van der Waals surface area contributed by atoms with Crippen LogP contribution >= 0.6 is 11.6 Å². The van der Waals surface area contributed by atoms with Gasteiger partial charge in [0, 0.05) is 16.9 Å². The molecule has 3 nitrogen and oxygen atoms in total. The third-order valence-corrected chi connectivity index (χ3v) is 4.42. The van der Waals surface area contributed by atoms with Crippen LogP contribution in [-0.4, -0.2) is 10.8 Å². The van der Waals surface area contributed by atoms with E-state index in [2.05, 4.69) is 24.1 Å². The molecule has 0 bridgehead atoms. The predicted molar refractivity (Wildman–Crippen MR) is 95.6 cm³/mol. The highest BCUT2D eigenvalue weighted by molar-refractivity contribution is 6.31. The molecule has 2 aromatic rings. The fourth-order valence-corrected chi connectivity index (χ4v) is 3.16. The van der Waals surface area contributed by atoms with Crippen molar-refractivity contribution in [3.05, 3.63) is 76.0 Å². The van der Waals surface area contributed by atoms with Crippen LogP contribution in [0.3, 0.4) is 0 Å². The Labute approximate surface area is 146 Å². The van der Waals surface area contributed by atoms with E-state index < -0.39 is 0 Å². The van der Waals surface area contributed by atoms with Crippen LogP contribution in [0.25, 0.3) is 0 Å². The average Bonchev–Trinajstić information content (AvgIpc) is 2.56. The Morgan fingerprint density at radius 1 is 1.21 bits per heavy atom. The van der Waals surface area contributed by atoms with E-state index in [1.807, 2.05) is 25.1 Å². The molecule has 1 aliphatic rings. The van der Waals surface area contributed by atoms with Crippen LogP contribution in [0.2, 0.25) is 5.02 Å². The highest BCUT2D eigenvalue weighted by Gasteiger charge is 2.26. The summed E-state index contributed by atoms with van der Waals surface area (Å²) in [5, 5.41) is 3.78. The van der Waals surface area contributed by atoms with Gasteiger partial charge >= 0.3 is 0 Å². The number of hydrogen-bond acceptors (Lipinski definition) is 3. The van der Waals surface area contributed by atoms with E-state index in [4.69, 9.17) is 16.6 Å². The number of halogens is 2. The summed E-state index contributed by atoms with van der Waals surface area (Å²) in [5.74, 6) is 0.647. The Morgan fingerprint density at radius 3 is 2.62 bits per heavy atom. The van der Waals surface area contributed by atoms with Crippen molar-refractivity contribution in [1.82, 2.24) is 10.3 Å². The number of benzene rings is 1. The van der Waals surface area contributed by atoms with E-state index in [0.717, 1.165) is 22.5 Å². The zero-order valence-electron chi connectivity index (χ0n) is 13.8. The molecule has 1 aliphatic heterocycles. The summed E-state index contributed by atoms with van der Waals surface area (Å²) in [7, 11) is 0. The molecule has 1 atom stereocenters. The number of nitrogens with one attached hydrogen (secondary N) is 1. The van der Waals surface area contributed by atoms with Crippen LogP contribution in [0.4, 0.5) is 4.39 Å². The SMILES string of the molecule is CC1=C(C(C)C)NC(c2ccccn2)=NC1c1ccc(F)cc1Cl. The molecule has 0 aliphatic carbocycles. The maximum atomic E-state index is 13.4. The minimum Gasteiger partial charge on any atom is -0.342 e. The van der Waals surface area contributed by atoms with E-state index in [1.54, 1.807) is 12.3 Å².